The third-order valence-corrected chi connectivity index (χ3v) is 4.81. The van der Waals surface area contributed by atoms with Crippen LogP contribution >= 0.6 is 0 Å². The summed E-state index contributed by atoms with van der Waals surface area (Å²) in [5.41, 5.74) is 2.63. The summed E-state index contributed by atoms with van der Waals surface area (Å²) in [5, 5.41) is 10.2. The Morgan fingerprint density at radius 3 is 3.19 bits per heavy atom. The molecular weight excluding hydrogens is 346 g/mol. The average molecular weight is 369 g/mol. The van der Waals surface area contributed by atoms with Crippen LogP contribution in [0.4, 0.5) is 10.5 Å². The lowest BCUT2D eigenvalue weighted by Gasteiger charge is -2.34. The van der Waals surface area contributed by atoms with Gasteiger partial charge < -0.3 is 19.4 Å². The lowest BCUT2D eigenvalue weighted by atomic mass is 10.0. The average Bonchev–Trinajstić information content (AvgIpc) is 3.32. The molecule has 9 heteroatoms. The van der Waals surface area contributed by atoms with Gasteiger partial charge in [-0.2, -0.15) is 5.10 Å². The minimum absolute atomic E-state index is 0.140. The molecule has 0 spiro atoms. The maximum Gasteiger partial charge on any atom is 0.322 e. The Morgan fingerprint density at radius 2 is 2.33 bits per heavy atom. The number of hydrogen-bond acceptors (Lipinski definition) is 5. The third kappa shape index (κ3) is 3.50. The topological polar surface area (TPSA) is 100 Å². The number of methoxy groups -OCH3 is 1. The van der Waals surface area contributed by atoms with Crippen LogP contribution < -0.4 is 5.32 Å². The van der Waals surface area contributed by atoms with E-state index < -0.39 is 0 Å². The largest absolute Gasteiger partial charge is 0.377 e. The number of fused-ring (bicyclic) bond motifs is 1. The Bertz CT molecular complexity index is 948. The van der Waals surface area contributed by atoms with Crippen LogP contribution in [0.15, 0.2) is 24.7 Å². The number of aromatic nitrogens is 5. The lowest BCUT2D eigenvalue weighted by molar-refractivity contribution is 0.159. The Labute approximate surface area is 156 Å². The minimum Gasteiger partial charge on any atom is -0.377 e. The second-order valence-electron chi connectivity index (χ2n) is 6.78. The summed E-state index contributed by atoms with van der Waals surface area (Å²) >= 11 is 0. The van der Waals surface area contributed by atoms with Crippen LogP contribution in [0.3, 0.4) is 0 Å². The van der Waals surface area contributed by atoms with Crippen molar-refractivity contribution >= 4 is 17.4 Å². The predicted octanol–water partition coefficient (Wildman–Crippen LogP) is 2.67. The molecule has 1 fully saturated rings. The fourth-order valence-electron chi connectivity index (χ4n) is 3.57. The van der Waals surface area contributed by atoms with Crippen LogP contribution in [0.25, 0.3) is 5.65 Å². The SMILES string of the molecule is COCc1nc(C2CCCCN2C(=O)Nc2cc(C)c3nccn3c2)n[nH]1. The molecule has 2 amide bonds. The van der Waals surface area contributed by atoms with Crippen molar-refractivity contribution < 1.29 is 9.53 Å². The number of nitrogens with zero attached hydrogens (tertiary/aromatic N) is 5. The fraction of sp³-hybridized carbons (Fsp3) is 0.444. The Hall–Kier alpha value is -2.94. The number of ether oxygens (including phenoxy) is 1. The summed E-state index contributed by atoms with van der Waals surface area (Å²) in [4.78, 5) is 23.6. The van der Waals surface area contributed by atoms with Crippen molar-refractivity contribution in [3.05, 3.63) is 41.9 Å². The normalized spacial score (nSPS) is 17.4. The van der Waals surface area contributed by atoms with Crippen LogP contribution in [-0.4, -0.2) is 49.2 Å². The summed E-state index contributed by atoms with van der Waals surface area (Å²) in [5.74, 6) is 1.30. The molecule has 1 atom stereocenters. The van der Waals surface area contributed by atoms with E-state index in [1.807, 2.05) is 34.7 Å². The van der Waals surface area contributed by atoms with E-state index in [0.29, 0.717) is 24.8 Å². The number of hydrogen-bond donors (Lipinski definition) is 2. The zero-order valence-electron chi connectivity index (χ0n) is 15.5. The first kappa shape index (κ1) is 17.5. The lowest BCUT2D eigenvalue weighted by Crippen LogP contribution is -2.41. The van der Waals surface area contributed by atoms with Gasteiger partial charge in [-0.1, -0.05) is 0 Å². The van der Waals surface area contributed by atoms with E-state index in [2.05, 4.69) is 25.5 Å². The van der Waals surface area contributed by atoms with E-state index in [-0.39, 0.29) is 12.1 Å². The van der Waals surface area contributed by atoms with Crippen molar-refractivity contribution in [3.8, 4) is 0 Å². The standard InChI is InChI=1S/C18H23N7O2/c1-12-9-13(10-24-8-6-19-17(12)24)20-18(26)25-7-4-3-5-14(25)16-21-15(11-27-2)22-23-16/h6,8-10,14H,3-5,7,11H2,1-2H3,(H,20,26)(H,21,22,23). The summed E-state index contributed by atoms with van der Waals surface area (Å²) in [6, 6.07) is 1.65. The summed E-state index contributed by atoms with van der Waals surface area (Å²) in [6.45, 7) is 3.03. The number of piperidine rings is 1. The molecule has 0 radical (unpaired) electrons. The first-order valence-electron chi connectivity index (χ1n) is 9.07. The number of imidazole rings is 1. The van der Waals surface area contributed by atoms with E-state index in [1.165, 1.54) is 0 Å². The van der Waals surface area contributed by atoms with Crippen molar-refractivity contribution in [3.63, 3.8) is 0 Å². The minimum atomic E-state index is -0.142. The number of H-pyrrole nitrogens is 1. The Kier molecular flexibility index (Phi) is 4.76. The van der Waals surface area contributed by atoms with Crippen molar-refractivity contribution in [2.45, 2.75) is 38.8 Å². The highest BCUT2D eigenvalue weighted by Gasteiger charge is 2.31. The van der Waals surface area contributed by atoms with Gasteiger partial charge in [0.1, 0.15) is 12.3 Å². The van der Waals surface area contributed by atoms with Gasteiger partial charge in [0.2, 0.25) is 0 Å². The monoisotopic (exact) mass is 369 g/mol. The number of aryl methyl sites for hydroxylation is 1. The fourth-order valence-corrected chi connectivity index (χ4v) is 3.57. The van der Waals surface area contributed by atoms with E-state index in [1.54, 1.807) is 13.3 Å². The van der Waals surface area contributed by atoms with Crippen molar-refractivity contribution in [1.82, 2.24) is 29.5 Å². The molecule has 3 aromatic rings. The number of anilines is 1. The summed E-state index contributed by atoms with van der Waals surface area (Å²) < 4.78 is 7.00. The summed E-state index contributed by atoms with van der Waals surface area (Å²) in [7, 11) is 1.61. The molecule has 1 aliphatic rings. The van der Waals surface area contributed by atoms with Gasteiger partial charge in [0.25, 0.3) is 0 Å². The van der Waals surface area contributed by atoms with Crippen LogP contribution in [0.5, 0.6) is 0 Å². The van der Waals surface area contributed by atoms with Gasteiger partial charge in [0, 0.05) is 32.2 Å². The summed E-state index contributed by atoms with van der Waals surface area (Å²) in [6.07, 6.45) is 8.34. The maximum atomic E-state index is 13.0. The maximum absolute atomic E-state index is 13.0. The van der Waals surface area contributed by atoms with Gasteiger partial charge in [-0.3, -0.25) is 5.10 Å². The van der Waals surface area contributed by atoms with E-state index in [0.717, 1.165) is 36.2 Å². The second-order valence-corrected chi connectivity index (χ2v) is 6.78. The number of likely N-dealkylation sites (tertiary alicyclic amines) is 1. The molecule has 2 N–H and O–H groups in total. The quantitative estimate of drug-likeness (QED) is 0.736. The van der Waals surface area contributed by atoms with Crippen LogP contribution in [0.2, 0.25) is 0 Å². The molecule has 0 aliphatic carbocycles. The molecule has 142 valence electrons. The Balaban J connectivity index is 1.54. The zero-order chi connectivity index (χ0) is 18.8. The molecule has 0 aromatic carbocycles. The van der Waals surface area contributed by atoms with Gasteiger partial charge in [0.05, 0.1) is 11.7 Å². The van der Waals surface area contributed by atoms with Crippen LogP contribution in [0.1, 0.15) is 42.5 Å². The van der Waals surface area contributed by atoms with Gasteiger partial charge in [0.15, 0.2) is 11.6 Å². The molecule has 1 aliphatic heterocycles. The predicted molar refractivity (Wildman–Crippen MR) is 99.3 cm³/mol. The highest BCUT2D eigenvalue weighted by atomic mass is 16.5. The van der Waals surface area contributed by atoms with Gasteiger partial charge >= 0.3 is 6.03 Å². The third-order valence-electron chi connectivity index (χ3n) is 4.81. The van der Waals surface area contributed by atoms with Gasteiger partial charge in [-0.05, 0) is 37.8 Å². The molecule has 9 nitrogen and oxygen atoms in total. The van der Waals surface area contributed by atoms with Crippen molar-refractivity contribution in [2.75, 3.05) is 19.0 Å². The number of carbonyl (C=O) groups excluding carboxylic acids is 1. The van der Waals surface area contributed by atoms with Crippen LogP contribution in [0, 0.1) is 6.92 Å². The molecule has 4 rings (SSSR count). The first-order valence-corrected chi connectivity index (χ1v) is 9.07. The molecule has 1 unspecified atom stereocenters. The molecule has 0 saturated carbocycles. The van der Waals surface area contributed by atoms with E-state index in [9.17, 15) is 4.79 Å². The zero-order valence-corrected chi connectivity index (χ0v) is 15.5. The highest BCUT2D eigenvalue weighted by Crippen LogP contribution is 2.29. The number of pyridine rings is 1. The number of urea groups is 1. The van der Waals surface area contributed by atoms with Gasteiger partial charge in [-0.15, -0.1) is 0 Å². The molecular formula is C18H23N7O2. The van der Waals surface area contributed by atoms with Crippen molar-refractivity contribution in [1.29, 1.82) is 0 Å². The second kappa shape index (κ2) is 7.36. The molecule has 1 saturated heterocycles. The highest BCUT2D eigenvalue weighted by molar-refractivity contribution is 5.89. The number of carbonyl (C=O) groups is 1. The number of rotatable bonds is 4. The van der Waals surface area contributed by atoms with E-state index >= 15 is 0 Å². The van der Waals surface area contributed by atoms with Crippen LogP contribution in [-0.2, 0) is 11.3 Å². The number of amides is 2. The van der Waals surface area contributed by atoms with Gasteiger partial charge in [-0.25, -0.2) is 14.8 Å². The van der Waals surface area contributed by atoms with E-state index in [4.69, 9.17) is 4.74 Å². The molecule has 4 heterocycles. The van der Waals surface area contributed by atoms with Crippen molar-refractivity contribution in [2.24, 2.45) is 0 Å². The molecule has 3 aromatic heterocycles. The Morgan fingerprint density at radius 1 is 1.44 bits per heavy atom. The molecule has 27 heavy (non-hydrogen) atoms. The molecule has 0 bridgehead atoms. The first-order chi connectivity index (χ1) is 13.2. The number of nitrogens with one attached hydrogen (secondary N) is 2. The number of aromatic amines is 1. The smallest absolute Gasteiger partial charge is 0.322 e.